The second-order valence-electron chi connectivity index (χ2n) is 6.81. The van der Waals surface area contributed by atoms with Gasteiger partial charge in [-0.1, -0.05) is 48.8 Å². The number of aryl methyl sites for hydroxylation is 4. The number of carbonyl (C=O) groups excluding carboxylic acids is 2. The van der Waals surface area contributed by atoms with E-state index in [1.54, 1.807) is 6.92 Å². The minimum Gasteiger partial charge on any atom is -0.383 e. The number of anilines is 2. The van der Waals surface area contributed by atoms with E-state index in [-0.39, 0.29) is 5.91 Å². The zero-order valence-corrected chi connectivity index (χ0v) is 17.3. The van der Waals surface area contributed by atoms with Gasteiger partial charge in [-0.3, -0.25) is 14.9 Å². The van der Waals surface area contributed by atoms with Gasteiger partial charge in [-0.05, 0) is 45.2 Å². The van der Waals surface area contributed by atoms with Crippen LogP contribution < -0.4 is 10.6 Å². The summed E-state index contributed by atoms with van der Waals surface area (Å²) < 4.78 is 0. The van der Waals surface area contributed by atoms with E-state index < -0.39 is 12.0 Å². The van der Waals surface area contributed by atoms with Crippen molar-refractivity contribution in [3.05, 3.63) is 39.4 Å². The highest BCUT2D eigenvalue weighted by atomic mass is 32.1. The number of carbonyl (C=O) groups is 2. The summed E-state index contributed by atoms with van der Waals surface area (Å²) in [6.45, 7) is 9.65. The zero-order chi connectivity index (χ0) is 20.1. The van der Waals surface area contributed by atoms with Crippen LogP contribution in [0.4, 0.5) is 10.8 Å². The Morgan fingerprint density at radius 2 is 1.78 bits per heavy atom. The third-order valence-electron chi connectivity index (χ3n) is 4.28. The maximum atomic E-state index is 12.7. The number of hydrogen-bond donors (Lipinski definition) is 3. The molecule has 1 unspecified atom stereocenters. The highest BCUT2D eigenvalue weighted by molar-refractivity contribution is 7.17. The van der Waals surface area contributed by atoms with Crippen LogP contribution in [-0.2, 0) is 4.79 Å². The van der Waals surface area contributed by atoms with Gasteiger partial charge in [0.25, 0.3) is 11.8 Å². The predicted molar refractivity (Wildman–Crippen MR) is 110 cm³/mol. The molecule has 0 aliphatic carbocycles. The fourth-order valence-electron chi connectivity index (χ4n) is 2.93. The molecule has 1 heterocycles. The second-order valence-corrected chi connectivity index (χ2v) is 7.81. The molecule has 1 aromatic heterocycles. The maximum absolute atomic E-state index is 12.7. The van der Waals surface area contributed by atoms with E-state index in [0.29, 0.717) is 22.1 Å². The molecule has 2 aromatic rings. The highest BCUT2D eigenvalue weighted by Gasteiger charge is 2.20. The van der Waals surface area contributed by atoms with Crippen molar-refractivity contribution in [3.8, 4) is 0 Å². The average Bonchev–Trinajstić information content (AvgIpc) is 2.95. The largest absolute Gasteiger partial charge is 0.383 e. The van der Waals surface area contributed by atoms with Gasteiger partial charge in [0.2, 0.25) is 0 Å². The van der Waals surface area contributed by atoms with Gasteiger partial charge >= 0.3 is 0 Å². The highest BCUT2D eigenvalue weighted by Crippen LogP contribution is 2.27. The van der Waals surface area contributed by atoms with Crippen molar-refractivity contribution in [3.63, 3.8) is 0 Å². The van der Waals surface area contributed by atoms with Crippen LogP contribution >= 0.6 is 11.3 Å². The van der Waals surface area contributed by atoms with E-state index >= 15 is 0 Å². The lowest BCUT2D eigenvalue weighted by Crippen LogP contribution is -2.27. The minimum atomic E-state index is -1.07. The number of nitrogens with zero attached hydrogens (tertiary/aromatic N) is 1. The van der Waals surface area contributed by atoms with Crippen LogP contribution in [0.2, 0.25) is 0 Å². The normalized spacial score (nSPS) is 11.9. The van der Waals surface area contributed by atoms with Crippen molar-refractivity contribution < 1.29 is 14.7 Å². The molecule has 27 heavy (non-hydrogen) atoms. The summed E-state index contributed by atoms with van der Waals surface area (Å²) in [4.78, 5) is 29.4. The molecule has 2 amide bonds. The number of unbranched alkanes of at least 4 members (excludes halogenated alkanes) is 1. The number of hydrogen-bond acceptors (Lipinski definition) is 5. The van der Waals surface area contributed by atoms with Gasteiger partial charge in [-0.2, -0.15) is 0 Å². The van der Waals surface area contributed by atoms with E-state index in [4.69, 9.17) is 0 Å². The van der Waals surface area contributed by atoms with Crippen molar-refractivity contribution in [1.29, 1.82) is 0 Å². The number of thiazole rings is 1. The van der Waals surface area contributed by atoms with Crippen molar-refractivity contribution in [1.82, 2.24) is 4.98 Å². The Bertz CT molecular complexity index is 822. The monoisotopic (exact) mass is 389 g/mol. The topological polar surface area (TPSA) is 91.3 Å². The van der Waals surface area contributed by atoms with E-state index in [1.165, 1.54) is 0 Å². The summed E-state index contributed by atoms with van der Waals surface area (Å²) in [6, 6.07) is 4.04. The van der Waals surface area contributed by atoms with Crippen LogP contribution in [-0.4, -0.2) is 28.0 Å². The Morgan fingerprint density at radius 3 is 2.37 bits per heavy atom. The Balaban J connectivity index is 2.12. The van der Waals surface area contributed by atoms with Crippen molar-refractivity contribution >= 4 is 34.0 Å². The van der Waals surface area contributed by atoms with E-state index in [0.717, 1.165) is 46.6 Å². The molecule has 3 N–H and O–H groups in total. The first kappa shape index (κ1) is 21.1. The molecule has 0 fully saturated rings. The predicted octanol–water partition coefficient (Wildman–Crippen LogP) is 4.12. The molecular weight excluding hydrogens is 362 g/mol. The summed E-state index contributed by atoms with van der Waals surface area (Å²) in [5.74, 6) is -0.749. The SMILES string of the molecule is CCCCC(O)C(=O)Nc1nc(C)c(C(=O)Nc2c(C)cc(C)cc2C)s1. The van der Waals surface area contributed by atoms with Crippen molar-refractivity contribution in [2.75, 3.05) is 10.6 Å². The molecule has 0 saturated heterocycles. The van der Waals surface area contributed by atoms with Gasteiger partial charge in [0.1, 0.15) is 11.0 Å². The number of aromatic nitrogens is 1. The molecule has 2 rings (SSSR count). The van der Waals surface area contributed by atoms with Gasteiger partial charge in [0.05, 0.1) is 5.69 Å². The molecule has 0 aliphatic heterocycles. The molecule has 0 aliphatic rings. The molecule has 0 spiro atoms. The molecule has 146 valence electrons. The number of rotatable bonds is 7. The first-order chi connectivity index (χ1) is 12.7. The first-order valence-corrected chi connectivity index (χ1v) is 9.90. The summed E-state index contributed by atoms with van der Waals surface area (Å²) in [5.41, 5.74) is 4.46. The lowest BCUT2D eigenvalue weighted by Gasteiger charge is -2.12. The number of aliphatic hydroxyl groups is 1. The Labute approximate surface area is 164 Å². The van der Waals surface area contributed by atoms with Gasteiger partial charge in [0, 0.05) is 5.69 Å². The molecule has 7 heteroatoms. The second kappa shape index (κ2) is 9.10. The van der Waals surface area contributed by atoms with Gasteiger partial charge in [-0.25, -0.2) is 4.98 Å². The first-order valence-electron chi connectivity index (χ1n) is 9.08. The van der Waals surface area contributed by atoms with Crippen LogP contribution in [0.15, 0.2) is 12.1 Å². The molecule has 0 bridgehead atoms. The Hall–Kier alpha value is -2.25. The number of nitrogens with one attached hydrogen (secondary N) is 2. The molecule has 0 radical (unpaired) electrons. The average molecular weight is 390 g/mol. The van der Waals surface area contributed by atoms with Gasteiger partial charge in [-0.15, -0.1) is 0 Å². The number of benzene rings is 1. The Morgan fingerprint density at radius 1 is 1.15 bits per heavy atom. The number of amides is 2. The molecule has 1 atom stereocenters. The summed E-state index contributed by atoms with van der Waals surface area (Å²) in [5, 5.41) is 15.7. The third-order valence-corrected chi connectivity index (χ3v) is 5.35. The molecule has 6 nitrogen and oxygen atoms in total. The number of aliphatic hydroxyl groups excluding tert-OH is 1. The third kappa shape index (κ3) is 5.37. The Kier molecular flexibility index (Phi) is 7.10. The van der Waals surface area contributed by atoms with Crippen molar-refractivity contribution in [2.24, 2.45) is 0 Å². The van der Waals surface area contributed by atoms with Crippen LogP contribution in [0.3, 0.4) is 0 Å². The smallest absolute Gasteiger partial charge is 0.267 e. The van der Waals surface area contributed by atoms with E-state index in [9.17, 15) is 14.7 Å². The quantitative estimate of drug-likeness (QED) is 0.664. The van der Waals surface area contributed by atoms with E-state index in [2.05, 4.69) is 15.6 Å². The maximum Gasteiger partial charge on any atom is 0.267 e. The van der Waals surface area contributed by atoms with Crippen LogP contribution in [0.1, 0.15) is 58.2 Å². The summed E-state index contributed by atoms with van der Waals surface area (Å²) in [6.07, 6.45) is 1.02. The minimum absolute atomic E-state index is 0.257. The van der Waals surface area contributed by atoms with Crippen molar-refractivity contribution in [2.45, 2.75) is 60.0 Å². The summed E-state index contributed by atoms with van der Waals surface area (Å²) >= 11 is 1.11. The fraction of sp³-hybridized carbons (Fsp3) is 0.450. The van der Waals surface area contributed by atoms with Crippen LogP contribution in [0.5, 0.6) is 0 Å². The van der Waals surface area contributed by atoms with E-state index in [1.807, 2.05) is 39.8 Å². The molecule has 1 aromatic carbocycles. The lowest BCUT2D eigenvalue weighted by molar-refractivity contribution is -0.124. The van der Waals surface area contributed by atoms with Crippen LogP contribution in [0.25, 0.3) is 0 Å². The van der Waals surface area contributed by atoms with Gasteiger partial charge in [0.15, 0.2) is 5.13 Å². The standard InChI is InChI=1S/C20H27N3O3S/c1-6-7-8-15(24)18(25)23-20-21-14(5)17(27-20)19(26)22-16-12(3)9-11(2)10-13(16)4/h9-10,15,24H,6-8H2,1-5H3,(H,22,26)(H,21,23,25). The fourth-order valence-corrected chi connectivity index (χ4v) is 3.79. The van der Waals surface area contributed by atoms with Gasteiger partial charge < -0.3 is 10.4 Å². The lowest BCUT2D eigenvalue weighted by atomic mass is 10.1. The molecule has 0 saturated carbocycles. The zero-order valence-electron chi connectivity index (χ0n) is 16.5. The summed E-state index contributed by atoms with van der Waals surface area (Å²) in [7, 11) is 0. The van der Waals surface area contributed by atoms with Crippen LogP contribution in [0, 0.1) is 27.7 Å². The molecular formula is C20H27N3O3S.